The van der Waals surface area contributed by atoms with Crippen molar-refractivity contribution in [2.24, 2.45) is 0 Å². The predicted molar refractivity (Wildman–Crippen MR) is 55.9 cm³/mol. The highest BCUT2D eigenvalue weighted by atomic mass is 79.9. The first-order chi connectivity index (χ1) is 6.65. The van der Waals surface area contributed by atoms with Crippen LogP contribution in [0.1, 0.15) is 0 Å². The molecule has 1 aromatic rings. The fourth-order valence-corrected chi connectivity index (χ4v) is 1.15. The molecule has 1 N–H and O–H groups in total. The molecule has 0 saturated carbocycles. The van der Waals surface area contributed by atoms with Crippen LogP contribution in [0, 0.1) is 22.5 Å². The Balaban J connectivity index is 3.03. The van der Waals surface area contributed by atoms with Crippen molar-refractivity contribution in [3.05, 3.63) is 26.9 Å². The van der Waals surface area contributed by atoms with Gasteiger partial charge in [0.2, 0.25) is 4.60 Å². The van der Waals surface area contributed by atoms with E-state index in [9.17, 15) is 10.1 Å². The summed E-state index contributed by atoms with van der Waals surface area (Å²) >= 11 is 3.05. The maximum absolute atomic E-state index is 10.6. The zero-order valence-electron chi connectivity index (χ0n) is 7.03. The number of rotatable bonds is 3. The molecule has 14 heavy (non-hydrogen) atoms. The van der Waals surface area contributed by atoms with Crippen LogP contribution in [0.2, 0.25) is 0 Å². The van der Waals surface area contributed by atoms with Gasteiger partial charge in [-0.3, -0.25) is 0 Å². The summed E-state index contributed by atoms with van der Waals surface area (Å²) in [7, 11) is 0. The Morgan fingerprint density at radius 2 is 2.43 bits per heavy atom. The molecule has 0 atom stereocenters. The van der Waals surface area contributed by atoms with Crippen molar-refractivity contribution in [3.63, 3.8) is 0 Å². The maximum Gasteiger partial charge on any atom is 0.388 e. The highest BCUT2D eigenvalue weighted by molar-refractivity contribution is 9.10. The van der Waals surface area contributed by atoms with E-state index in [1.165, 1.54) is 0 Å². The van der Waals surface area contributed by atoms with Gasteiger partial charge in [-0.2, -0.15) is 0 Å². The summed E-state index contributed by atoms with van der Waals surface area (Å²) in [6.07, 6.45) is 5.02. The van der Waals surface area contributed by atoms with E-state index in [-0.39, 0.29) is 12.4 Å². The minimum atomic E-state index is -0.566. The predicted octanol–water partition coefficient (Wildman–Crippen LogP) is 1.80. The van der Waals surface area contributed by atoms with Gasteiger partial charge < -0.3 is 15.4 Å². The molecule has 1 aromatic heterocycles. The van der Waals surface area contributed by atoms with Crippen LogP contribution in [-0.2, 0) is 0 Å². The van der Waals surface area contributed by atoms with Gasteiger partial charge in [-0.05, 0) is 22.0 Å². The van der Waals surface area contributed by atoms with Crippen LogP contribution in [0.15, 0.2) is 16.7 Å². The fraction of sp³-hybridized carbons (Fsp3) is 0.125. The molecule has 6 heteroatoms. The van der Waals surface area contributed by atoms with Crippen molar-refractivity contribution < 1.29 is 4.92 Å². The second-order valence-electron chi connectivity index (χ2n) is 2.32. The number of hydrogen-bond acceptors (Lipinski definition) is 4. The monoisotopic (exact) mass is 255 g/mol. The van der Waals surface area contributed by atoms with Crippen LogP contribution in [0.25, 0.3) is 0 Å². The third kappa shape index (κ3) is 2.44. The molecule has 0 fully saturated rings. The number of nitrogens with zero attached hydrogens (tertiary/aromatic N) is 2. The number of pyridine rings is 1. The van der Waals surface area contributed by atoms with E-state index in [1.807, 2.05) is 0 Å². The molecule has 0 radical (unpaired) electrons. The van der Waals surface area contributed by atoms with Gasteiger partial charge in [0, 0.05) is 15.9 Å². The third-order valence-corrected chi connectivity index (χ3v) is 1.84. The van der Waals surface area contributed by atoms with E-state index in [4.69, 9.17) is 6.42 Å². The molecule has 1 rings (SSSR count). The standard InChI is InChI=1S/C8H6BrN3O2/c1-2-5-10-6-3-4-7(9)11-8(6)12(13)14/h1,3-4,10H,5H2. The fourth-order valence-electron chi connectivity index (χ4n) is 0.849. The largest absolute Gasteiger partial charge is 0.388 e. The zero-order valence-corrected chi connectivity index (χ0v) is 8.61. The summed E-state index contributed by atoms with van der Waals surface area (Å²) in [5.41, 5.74) is 0.316. The maximum atomic E-state index is 10.6. The van der Waals surface area contributed by atoms with E-state index >= 15 is 0 Å². The molecule has 5 nitrogen and oxygen atoms in total. The van der Waals surface area contributed by atoms with Gasteiger partial charge in [0.1, 0.15) is 5.69 Å². The normalized spacial score (nSPS) is 9.14. The van der Waals surface area contributed by atoms with Crippen molar-refractivity contribution in [1.29, 1.82) is 0 Å². The number of anilines is 1. The molecular weight excluding hydrogens is 250 g/mol. The first-order valence-corrected chi connectivity index (χ1v) is 4.42. The first kappa shape index (κ1) is 10.5. The lowest BCUT2D eigenvalue weighted by Gasteiger charge is -2.02. The molecule has 0 saturated heterocycles. The molecule has 0 spiro atoms. The van der Waals surface area contributed by atoms with Crippen molar-refractivity contribution in [1.82, 2.24) is 4.98 Å². The minimum Gasteiger partial charge on any atom is -0.367 e. The summed E-state index contributed by atoms with van der Waals surface area (Å²) < 4.78 is 0.412. The van der Waals surface area contributed by atoms with Crippen molar-refractivity contribution >= 4 is 27.4 Å². The van der Waals surface area contributed by atoms with Gasteiger partial charge in [-0.15, -0.1) is 6.42 Å². The molecule has 0 aromatic carbocycles. The molecular formula is C8H6BrN3O2. The van der Waals surface area contributed by atoms with Crippen LogP contribution < -0.4 is 5.32 Å². The smallest absolute Gasteiger partial charge is 0.367 e. The molecule has 72 valence electrons. The molecule has 0 amide bonds. The van der Waals surface area contributed by atoms with E-state index in [0.29, 0.717) is 10.3 Å². The number of nitro groups is 1. The van der Waals surface area contributed by atoms with Crippen LogP contribution >= 0.6 is 15.9 Å². The van der Waals surface area contributed by atoms with Crippen molar-refractivity contribution in [2.45, 2.75) is 0 Å². The van der Waals surface area contributed by atoms with Gasteiger partial charge in [-0.1, -0.05) is 5.92 Å². The van der Waals surface area contributed by atoms with Crippen LogP contribution in [0.3, 0.4) is 0 Å². The average Bonchev–Trinajstić information content (AvgIpc) is 2.15. The van der Waals surface area contributed by atoms with E-state index in [2.05, 4.69) is 32.2 Å². The van der Waals surface area contributed by atoms with E-state index in [1.54, 1.807) is 12.1 Å². The second-order valence-corrected chi connectivity index (χ2v) is 3.13. The van der Waals surface area contributed by atoms with E-state index < -0.39 is 4.92 Å². The Labute approximate surface area is 88.8 Å². The number of nitrogens with one attached hydrogen (secondary N) is 1. The number of terminal acetylenes is 1. The summed E-state index contributed by atoms with van der Waals surface area (Å²) in [6, 6.07) is 3.15. The molecule has 0 bridgehead atoms. The van der Waals surface area contributed by atoms with Gasteiger partial charge >= 0.3 is 5.82 Å². The first-order valence-electron chi connectivity index (χ1n) is 3.63. The Hall–Kier alpha value is -1.61. The molecule has 0 aliphatic carbocycles. The van der Waals surface area contributed by atoms with Gasteiger partial charge in [0.25, 0.3) is 0 Å². The molecule has 0 aliphatic rings. The SMILES string of the molecule is C#CCNc1ccc(Br)nc1[N+](=O)[O-]. The average molecular weight is 256 g/mol. The van der Waals surface area contributed by atoms with Gasteiger partial charge in [-0.25, -0.2) is 0 Å². The summed E-state index contributed by atoms with van der Waals surface area (Å²) in [5, 5.41) is 13.3. The summed E-state index contributed by atoms with van der Waals surface area (Å²) in [6.45, 7) is 0.226. The van der Waals surface area contributed by atoms with Crippen LogP contribution in [-0.4, -0.2) is 16.5 Å². The number of hydrogen-bond donors (Lipinski definition) is 1. The molecule has 0 aliphatic heterocycles. The molecule has 1 heterocycles. The Kier molecular flexibility index (Phi) is 3.42. The third-order valence-electron chi connectivity index (χ3n) is 1.39. The summed E-state index contributed by atoms with van der Waals surface area (Å²) in [4.78, 5) is 13.7. The Bertz CT molecular complexity index is 400. The van der Waals surface area contributed by atoms with Crippen LogP contribution in [0.4, 0.5) is 11.5 Å². The highest BCUT2D eigenvalue weighted by Gasteiger charge is 2.15. The highest BCUT2D eigenvalue weighted by Crippen LogP contribution is 2.23. The lowest BCUT2D eigenvalue weighted by atomic mass is 10.4. The van der Waals surface area contributed by atoms with Gasteiger partial charge in [0.15, 0.2) is 0 Å². The quantitative estimate of drug-likeness (QED) is 0.387. The zero-order chi connectivity index (χ0) is 10.6. The number of halogens is 1. The summed E-state index contributed by atoms with van der Waals surface area (Å²) in [5.74, 6) is 2.08. The van der Waals surface area contributed by atoms with Crippen molar-refractivity contribution in [2.75, 3.05) is 11.9 Å². The van der Waals surface area contributed by atoms with Crippen molar-refractivity contribution in [3.8, 4) is 12.3 Å². The minimum absolute atomic E-state index is 0.226. The van der Waals surface area contributed by atoms with Crippen LogP contribution in [0.5, 0.6) is 0 Å². The Morgan fingerprint density at radius 1 is 1.71 bits per heavy atom. The lowest BCUT2D eigenvalue weighted by Crippen LogP contribution is -2.03. The molecule has 0 unspecified atom stereocenters. The second kappa shape index (κ2) is 4.58. The lowest BCUT2D eigenvalue weighted by molar-refractivity contribution is -0.388. The van der Waals surface area contributed by atoms with E-state index in [0.717, 1.165) is 0 Å². The topological polar surface area (TPSA) is 68.1 Å². The van der Waals surface area contributed by atoms with Gasteiger partial charge in [0.05, 0.1) is 6.54 Å². The Morgan fingerprint density at radius 3 is 3.00 bits per heavy atom. The number of aromatic nitrogens is 1.